The summed E-state index contributed by atoms with van der Waals surface area (Å²) in [6.45, 7) is 6.60. The Bertz CT molecular complexity index is 1040. The number of ketones is 1. The second-order valence-electron chi connectivity index (χ2n) is 7.27. The molecule has 0 bridgehead atoms. The smallest absolute Gasteiger partial charge is 0.295 e. The third-order valence-corrected chi connectivity index (χ3v) is 6.06. The van der Waals surface area contributed by atoms with Gasteiger partial charge < -0.3 is 19.6 Å². The van der Waals surface area contributed by atoms with Crippen molar-refractivity contribution in [3.8, 4) is 5.75 Å². The van der Waals surface area contributed by atoms with E-state index in [1.54, 1.807) is 24.5 Å². The minimum Gasteiger partial charge on any atom is -0.507 e. The Hall–Kier alpha value is -2.61. The predicted octanol–water partition coefficient (Wildman–Crippen LogP) is 4.16. The summed E-state index contributed by atoms with van der Waals surface area (Å²) in [5.74, 6) is -1.70. The molecule has 1 amide bonds. The quantitative estimate of drug-likeness (QED) is 0.349. The number of aliphatic hydroxyl groups excluding tert-OH is 1. The number of carbonyl (C=O) groups is 2. The van der Waals surface area contributed by atoms with Crippen LogP contribution in [0.2, 0.25) is 10.0 Å². The Morgan fingerprint density at radius 2 is 1.97 bits per heavy atom. The molecule has 1 aliphatic rings. The van der Waals surface area contributed by atoms with E-state index < -0.39 is 23.5 Å². The first-order chi connectivity index (χ1) is 15.3. The fraction of sp³-hybridized carbons (Fsp3) is 0.348. The van der Waals surface area contributed by atoms with Gasteiger partial charge in [0, 0.05) is 30.5 Å². The van der Waals surface area contributed by atoms with E-state index in [9.17, 15) is 14.7 Å². The number of aromatic nitrogens is 1. The van der Waals surface area contributed by atoms with Crippen molar-refractivity contribution in [2.75, 3.05) is 33.3 Å². The molecule has 1 atom stereocenters. The number of methoxy groups -OCH3 is 1. The van der Waals surface area contributed by atoms with Crippen molar-refractivity contribution in [1.82, 2.24) is 14.8 Å². The lowest BCUT2D eigenvalue weighted by Crippen LogP contribution is -2.38. The van der Waals surface area contributed by atoms with Gasteiger partial charge >= 0.3 is 0 Å². The van der Waals surface area contributed by atoms with Gasteiger partial charge in [0.2, 0.25) is 0 Å². The average molecular weight is 478 g/mol. The Labute approximate surface area is 197 Å². The number of amides is 1. The van der Waals surface area contributed by atoms with Crippen LogP contribution < -0.4 is 4.74 Å². The summed E-state index contributed by atoms with van der Waals surface area (Å²) in [6.07, 6.45) is 3.18. The number of likely N-dealkylation sites (N-methyl/N-ethyl adjacent to an activating group) is 1. The summed E-state index contributed by atoms with van der Waals surface area (Å²) in [5, 5.41) is 11.7. The molecular weight excluding hydrogens is 453 g/mol. The van der Waals surface area contributed by atoms with Gasteiger partial charge in [-0.3, -0.25) is 14.6 Å². The number of hydrogen-bond acceptors (Lipinski definition) is 6. The zero-order valence-electron chi connectivity index (χ0n) is 18.1. The number of benzene rings is 1. The summed E-state index contributed by atoms with van der Waals surface area (Å²) >= 11 is 12.4. The average Bonchev–Trinajstić information content (AvgIpc) is 3.04. The predicted molar refractivity (Wildman–Crippen MR) is 124 cm³/mol. The second kappa shape index (κ2) is 10.3. The van der Waals surface area contributed by atoms with Crippen LogP contribution in [0.3, 0.4) is 0 Å². The van der Waals surface area contributed by atoms with Crippen molar-refractivity contribution in [2.45, 2.75) is 19.9 Å². The van der Waals surface area contributed by atoms with Crippen LogP contribution in [-0.4, -0.2) is 64.9 Å². The second-order valence-corrected chi connectivity index (χ2v) is 8.12. The fourth-order valence-electron chi connectivity index (χ4n) is 3.87. The van der Waals surface area contributed by atoms with Gasteiger partial charge in [0.15, 0.2) is 0 Å². The van der Waals surface area contributed by atoms with E-state index in [-0.39, 0.29) is 26.9 Å². The molecule has 2 aromatic rings. The van der Waals surface area contributed by atoms with Crippen LogP contribution in [0.15, 0.2) is 42.2 Å². The SMILES string of the molecule is CCN(CC)CCN1C(=O)C(=O)/C(=C(/O)c2cc(Cl)cc(Cl)c2OC)C1c1cccnc1. The van der Waals surface area contributed by atoms with E-state index in [2.05, 4.69) is 9.88 Å². The summed E-state index contributed by atoms with van der Waals surface area (Å²) < 4.78 is 5.34. The molecule has 32 heavy (non-hydrogen) atoms. The number of ether oxygens (including phenoxy) is 1. The van der Waals surface area contributed by atoms with Crippen molar-refractivity contribution >= 4 is 40.7 Å². The van der Waals surface area contributed by atoms with Crippen LogP contribution in [0.4, 0.5) is 0 Å². The van der Waals surface area contributed by atoms with E-state index in [1.807, 2.05) is 13.8 Å². The van der Waals surface area contributed by atoms with Crippen molar-refractivity contribution in [2.24, 2.45) is 0 Å². The molecule has 0 aliphatic carbocycles. The van der Waals surface area contributed by atoms with E-state index in [4.69, 9.17) is 27.9 Å². The number of hydrogen-bond donors (Lipinski definition) is 1. The third kappa shape index (κ3) is 4.60. The molecule has 2 heterocycles. The molecule has 0 radical (unpaired) electrons. The zero-order valence-corrected chi connectivity index (χ0v) is 19.7. The largest absolute Gasteiger partial charge is 0.507 e. The van der Waals surface area contributed by atoms with E-state index >= 15 is 0 Å². The highest BCUT2D eigenvalue weighted by Gasteiger charge is 2.46. The van der Waals surface area contributed by atoms with Gasteiger partial charge in [-0.05, 0) is 36.9 Å². The molecule has 3 rings (SSSR count). The fourth-order valence-corrected chi connectivity index (χ4v) is 4.44. The maximum atomic E-state index is 13.1. The zero-order chi connectivity index (χ0) is 23.4. The van der Waals surface area contributed by atoms with E-state index in [1.165, 1.54) is 24.1 Å². The highest BCUT2D eigenvalue weighted by atomic mass is 35.5. The van der Waals surface area contributed by atoms with Gasteiger partial charge in [0.1, 0.15) is 11.5 Å². The maximum Gasteiger partial charge on any atom is 0.295 e. The van der Waals surface area contributed by atoms with E-state index in [0.717, 1.165) is 13.1 Å². The maximum absolute atomic E-state index is 13.1. The molecule has 0 spiro atoms. The van der Waals surface area contributed by atoms with Gasteiger partial charge in [0.25, 0.3) is 11.7 Å². The lowest BCUT2D eigenvalue weighted by atomic mass is 9.96. The number of carbonyl (C=O) groups excluding carboxylic acids is 2. The minimum atomic E-state index is -0.804. The molecule has 1 unspecified atom stereocenters. The first-order valence-electron chi connectivity index (χ1n) is 10.3. The topological polar surface area (TPSA) is 83.0 Å². The minimum absolute atomic E-state index is 0.0563. The summed E-state index contributed by atoms with van der Waals surface area (Å²) in [6, 6.07) is 5.60. The molecule has 7 nitrogen and oxygen atoms in total. The number of halogens is 2. The molecular formula is C23H25Cl2N3O4. The Morgan fingerprint density at radius 1 is 1.25 bits per heavy atom. The highest BCUT2D eigenvalue weighted by Crippen LogP contribution is 2.43. The molecule has 1 fully saturated rings. The molecule has 1 saturated heterocycles. The van der Waals surface area contributed by atoms with Crippen LogP contribution in [-0.2, 0) is 9.59 Å². The number of Topliss-reactive ketones (excluding diaryl/α,β-unsaturated/α-hetero) is 1. The van der Waals surface area contributed by atoms with Crippen molar-refractivity contribution in [3.05, 3.63) is 63.4 Å². The standard InChI is InChI=1S/C23H25Cl2N3O4/c1-4-27(5-2)9-10-28-19(14-7-6-8-26-13-14)18(21(30)23(28)31)20(29)16-11-15(24)12-17(25)22(16)32-3/h6-8,11-13,19,29H,4-5,9-10H2,1-3H3/b20-18+. The van der Waals surface area contributed by atoms with Crippen molar-refractivity contribution in [1.29, 1.82) is 0 Å². The number of rotatable bonds is 8. The van der Waals surface area contributed by atoms with Crippen molar-refractivity contribution < 1.29 is 19.4 Å². The van der Waals surface area contributed by atoms with Gasteiger partial charge in [-0.1, -0.05) is 43.1 Å². The Kier molecular flexibility index (Phi) is 7.77. The number of pyridine rings is 1. The van der Waals surface area contributed by atoms with Crippen molar-refractivity contribution in [3.63, 3.8) is 0 Å². The number of likely N-dealkylation sites (tertiary alicyclic amines) is 1. The number of aliphatic hydroxyl groups is 1. The summed E-state index contributed by atoms with van der Waals surface area (Å²) in [7, 11) is 1.40. The Morgan fingerprint density at radius 3 is 2.56 bits per heavy atom. The molecule has 9 heteroatoms. The summed E-state index contributed by atoms with van der Waals surface area (Å²) in [4.78, 5) is 33.9. The van der Waals surface area contributed by atoms with Gasteiger partial charge in [-0.25, -0.2) is 0 Å². The van der Waals surface area contributed by atoms with Gasteiger partial charge in [-0.2, -0.15) is 0 Å². The molecule has 170 valence electrons. The monoisotopic (exact) mass is 477 g/mol. The van der Waals surface area contributed by atoms with Crippen LogP contribution in [0.5, 0.6) is 5.75 Å². The molecule has 1 aliphatic heterocycles. The Balaban J connectivity index is 2.17. The van der Waals surface area contributed by atoms with Crippen LogP contribution in [0, 0.1) is 0 Å². The molecule has 1 aromatic carbocycles. The van der Waals surface area contributed by atoms with Crippen LogP contribution >= 0.6 is 23.2 Å². The van der Waals surface area contributed by atoms with Crippen LogP contribution in [0.25, 0.3) is 5.76 Å². The molecule has 0 saturated carbocycles. The first-order valence-corrected chi connectivity index (χ1v) is 11.0. The van der Waals surface area contributed by atoms with Gasteiger partial charge in [0.05, 0.1) is 29.3 Å². The lowest BCUT2D eigenvalue weighted by Gasteiger charge is -2.28. The van der Waals surface area contributed by atoms with E-state index in [0.29, 0.717) is 18.7 Å². The number of nitrogens with zero attached hydrogens (tertiary/aromatic N) is 3. The van der Waals surface area contributed by atoms with Crippen LogP contribution in [0.1, 0.15) is 31.0 Å². The highest BCUT2D eigenvalue weighted by molar-refractivity contribution is 6.46. The normalized spacial score (nSPS) is 17.9. The lowest BCUT2D eigenvalue weighted by molar-refractivity contribution is -0.140. The summed E-state index contributed by atoms with van der Waals surface area (Å²) in [5.41, 5.74) is 0.694. The van der Waals surface area contributed by atoms with Gasteiger partial charge in [-0.15, -0.1) is 0 Å². The third-order valence-electron chi connectivity index (χ3n) is 5.56. The molecule has 1 N–H and O–H groups in total. The first kappa shape index (κ1) is 24.0. The molecule has 1 aromatic heterocycles.